The molecular weight excluding hydrogens is 222 g/mol. The fourth-order valence-electron chi connectivity index (χ4n) is 3.14. The van der Waals surface area contributed by atoms with Gasteiger partial charge in [-0.25, -0.2) is 12.7 Å². The van der Waals surface area contributed by atoms with Gasteiger partial charge in [-0.3, -0.25) is 0 Å². The van der Waals surface area contributed by atoms with Crippen molar-refractivity contribution in [1.29, 1.82) is 0 Å². The van der Waals surface area contributed by atoms with Crippen molar-refractivity contribution >= 4 is 10.0 Å². The Morgan fingerprint density at radius 3 is 1.94 bits per heavy atom. The number of sulfonamides is 1. The highest BCUT2D eigenvalue weighted by atomic mass is 32.2. The van der Waals surface area contributed by atoms with E-state index in [0.717, 1.165) is 25.9 Å². The molecule has 0 N–H and O–H groups in total. The van der Waals surface area contributed by atoms with E-state index in [0.29, 0.717) is 5.41 Å². The van der Waals surface area contributed by atoms with E-state index in [1.54, 1.807) is 18.2 Å². The van der Waals surface area contributed by atoms with Gasteiger partial charge in [0.25, 0.3) is 0 Å². The number of nitrogens with zero attached hydrogens (tertiary/aromatic N) is 1. The van der Waals surface area contributed by atoms with E-state index in [9.17, 15) is 8.42 Å². The SMILES string of the molecule is CC(C)S(=O)(=O)N1CCC2(CCCC2)CC1. The van der Waals surface area contributed by atoms with Gasteiger partial charge in [0.1, 0.15) is 0 Å². The van der Waals surface area contributed by atoms with Crippen LogP contribution in [0.3, 0.4) is 0 Å². The maximum Gasteiger partial charge on any atom is 0.216 e. The molecule has 16 heavy (non-hydrogen) atoms. The smallest absolute Gasteiger partial charge is 0.212 e. The third-order valence-electron chi connectivity index (χ3n) is 4.40. The van der Waals surface area contributed by atoms with Crippen molar-refractivity contribution in [2.75, 3.05) is 13.1 Å². The van der Waals surface area contributed by atoms with Crippen LogP contribution in [0.5, 0.6) is 0 Å². The molecular formula is C12H23NO2S. The minimum atomic E-state index is -3.01. The fourth-order valence-corrected chi connectivity index (χ4v) is 4.43. The summed E-state index contributed by atoms with van der Waals surface area (Å²) in [6.07, 6.45) is 7.50. The van der Waals surface area contributed by atoms with Gasteiger partial charge >= 0.3 is 0 Å². The second kappa shape index (κ2) is 4.30. The van der Waals surface area contributed by atoms with Gasteiger partial charge in [0.15, 0.2) is 0 Å². The van der Waals surface area contributed by atoms with Crippen molar-refractivity contribution in [2.45, 2.75) is 57.6 Å². The van der Waals surface area contributed by atoms with E-state index in [2.05, 4.69) is 0 Å². The molecule has 94 valence electrons. The first kappa shape index (κ1) is 12.4. The highest BCUT2D eigenvalue weighted by Gasteiger charge is 2.40. The lowest BCUT2D eigenvalue weighted by molar-refractivity contribution is 0.160. The molecule has 1 aliphatic carbocycles. The maximum atomic E-state index is 12.0. The van der Waals surface area contributed by atoms with Gasteiger partial charge in [0.2, 0.25) is 10.0 Å². The van der Waals surface area contributed by atoms with E-state index >= 15 is 0 Å². The quantitative estimate of drug-likeness (QED) is 0.749. The summed E-state index contributed by atoms with van der Waals surface area (Å²) in [7, 11) is -3.01. The predicted molar refractivity (Wildman–Crippen MR) is 65.8 cm³/mol. The number of piperidine rings is 1. The molecule has 0 aromatic carbocycles. The van der Waals surface area contributed by atoms with Crippen LogP contribution in [0.25, 0.3) is 0 Å². The summed E-state index contributed by atoms with van der Waals surface area (Å²) in [5.74, 6) is 0. The van der Waals surface area contributed by atoms with Crippen LogP contribution in [0.2, 0.25) is 0 Å². The molecule has 0 radical (unpaired) electrons. The molecule has 1 heterocycles. The molecule has 2 rings (SSSR count). The van der Waals surface area contributed by atoms with Gasteiger partial charge in [0, 0.05) is 13.1 Å². The fraction of sp³-hybridized carbons (Fsp3) is 1.00. The maximum absolute atomic E-state index is 12.0. The van der Waals surface area contributed by atoms with Crippen molar-refractivity contribution in [2.24, 2.45) is 5.41 Å². The zero-order valence-electron chi connectivity index (χ0n) is 10.4. The number of rotatable bonds is 2. The van der Waals surface area contributed by atoms with Crippen LogP contribution in [0.15, 0.2) is 0 Å². The molecule has 3 nitrogen and oxygen atoms in total. The Labute approximate surface area is 99.3 Å². The molecule has 4 heteroatoms. The van der Waals surface area contributed by atoms with E-state index in [1.165, 1.54) is 25.7 Å². The van der Waals surface area contributed by atoms with Crippen molar-refractivity contribution in [3.05, 3.63) is 0 Å². The Morgan fingerprint density at radius 2 is 1.50 bits per heavy atom. The largest absolute Gasteiger partial charge is 0.216 e. The molecule has 1 aliphatic heterocycles. The van der Waals surface area contributed by atoms with Gasteiger partial charge in [-0.1, -0.05) is 12.8 Å². The Kier molecular flexibility index (Phi) is 3.32. The summed E-state index contributed by atoms with van der Waals surface area (Å²) in [4.78, 5) is 0. The lowest BCUT2D eigenvalue weighted by Gasteiger charge is -2.39. The Bertz CT molecular complexity index is 332. The second-order valence-electron chi connectivity index (χ2n) is 5.70. The third kappa shape index (κ3) is 2.14. The van der Waals surface area contributed by atoms with Crippen LogP contribution in [-0.2, 0) is 10.0 Å². The van der Waals surface area contributed by atoms with Crippen LogP contribution in [0.4, 0.5) is 0 Å². The first-order valence-corrected chi connectivity index (χ1v) is 7.96. The van der Waals surface area contributed by atoms with E-state index in [1.807, 2.05) is 0 Å². The van der Waals surface area contributed by atoms with Crippen LogP contribution >= 0.6 is 0 Å². The average Bonchev–Trinajstić information content (AvgIpc) is 2.67. The first-order valence-electron chi connectivity index (χ1n) is 6.45. The molecule has 0 atom stereocenters. The predicted octanol–water partition coefficient (Wildman–Crippen LogP) is 2.38. The van der Waals surface area contributed by atoms with Crippen molar-refractivity contribution < 1.29 is 8.42 Å². The average molecular weight is 245 g/mol. The summed E-state index contributed by atoms with van der Waals surface area (Å²) in [6.45, 7) is 5.05. The zero-order chi connectivity index (χ0) is 11.8. The molecule has 0 amide bonds. The van der Waals surface area contributed by atoms with Crippen LogP contribution in [0.1, 0.15) is 52.4 Å². The molecule has 0 bridgehead atoms. The molecule has 0 aromatic heterocycles. The normalized spacial score (nSPS) is 26.7. The van der Waals surface area contributed by atoms with Gasteiger partial charge in [-0.05, 0) is 44.9 Å². The minimum absolute atomic E-state index is 0.273. The molecule has 0 unspecified atom stereocenters. The Balaban J connectivity index is 2.00. The summed E-state index contributed by atoms with van der Waals surface area (Å²) in [5.41, 5.74) is 0.503. The molecule has 2 aliphatic rings. The summed E-state index contributed by atoms with van der Waals surface area (Å²) in [6, 6.07) is 0. The van der Waals surface area contributed by atoms with Crippen LogP contribution in [-0.4, -0.2) is 31.1 Å². The minimum Gasteiger partial charge on any atom is -0.212 e. The highest BCUT2D eigenvalue weighted by molar-refractivity contribution is 7.89. The molecule has 2 fully saturated rings. The summed E-state index contributed by atoms with van der Waals surface area (Å²) >= 11 is 0. The van der Waals surface area contributed by atoms with Gasteiger partial charge in [0.05, 0.1) is 5.25 Å². The third-order valence-corrected chi connectivity index (χ3v) is 6.68. The first-order chi connectivity index (χ1) is 7.46. The number of hydrogen-bond donors (Lipinski definition) is 0. The lowest BCUT2D eigenvalue weighted by Crippen LogP contribution is -2.44. The van der Waals surface area contributed by atoms with Gasteiger partial charge in [-0.2, -0.15) is 0 Å². The molecule has 1 saturated carbocycles. The zero-order valence-corrected chi connectivity index (χ0v) is 11.2. The van der Waals surface area contributed by atoms with E-state index in [-0.39, 0.29) is 5.25 Å². The van der Waals surface area contributed by atoms with Gasteiger partial charge < -0.3 is 0 Å². The van der Waals surface area contributed by atoms with Crippen molar-refractivity contribution in [3.63, 3.8) is 0 Å². The second-order valence-corrected chi connectivity index (χ2v) is 8.19. The van der Waals surface area contributed by atoms with Crippen LogP contribution < -0.4 is 0 Å². The summed E-state index contributed by atoms with van der Waals surface area (Å²) < 4.78 is 25.7. The van der Waals surface area contributed by atoms with E-state index < -0.39 is 10.0 Å². The molecule has 1 spiro atoms. The van der Waals surface area contributed by atoms with Crippen molar-refractivity contribution in [3.8, 4) is 0 Å². The Morgan fingerprint density at radius 1 is 1.00 bits per heavy atom. The van der Waals surface area contributed by atoms with Gasteiger partial charge in [-0.15, -0.1) is 0 Å². The van der Waals surface area contributed by atoms with Crippen molar-refractivity contribution in [1.82, 2.24) is 4.31 Å². The van der Waals surface area contributed by atoms with E-state index in [4.69, 9.17) is 0 Å². The number of hydrogen-bond acceptors (Lipinski definition) is 2. The monoisotopic (exact) mass is 245 g/mol. The highest BCUT2D eigenvalue weighted by Crippen LogP contribution is 2.46. The standard InChI is InChI=1S/C12H23NO2S/c1-11(2)16(14,15)13-9-7-12(8-10-13)5-3-4-6-12/h11H,3-10H2,1-2H3. The Hall–Kier alpha value is -0.0900. The van der Waals surface area contributed by atoms with Crippen LogP contribution in [0, 0.1) is 5.41 Å². The molecule has 1 saturated heterocycles. The topological polar surface area (TPSA) is 37.4 Å². The summed E-state index contributed by atoms with van der Waals surface area (Å²) in [5, 5.41) is -0.273. The molecule has 0 aromatic rings. The lowest BCUT2D eigenvalue weighted by atomic mass is 9.78.